The van der Waals surface area contributed by atoms with Crippen LogP contribution in [0.3, 0.4) is 0 Å². The molecule has 0 radical (unpaired) electrons. The second kappa shape index (κ2) is 8.17. The largest absolute Gasteiger partial charge is 0.497 e. The molecule has 1 atom stereocenters. The zero-order valence-electron chi connectivity index (χ0n) is 16.1. The lowest BCUT2D eigenvalue weighted by Crippen LogP contribution is -2.33. The molecule has 0 unspecified atom stereocenters. The third-order valence-electron chi connectivity index (χ3n) is 4.23. The summed E-state index contributed by atoms with van der Waals surface area (Å²) in [6.45, 7) is 2.27. The average molecular weight is 425 g/mol. The van der Waals surface area contributed by atoms with Gasteiger partial charge in [0.2, 0.25) is 0 Å². The smallest absolute Gasteiger partial charge is 0.408 e. The molecule has 1 aromatic carbocycles. The van der Waals surface area contributed by atoms with E-state index in [0.717, 1.165) is 19.1 Å². The second-order valence-corrected chi connectivity index (χ2v) is 6.32. The molecule has 1 N–H and O–H groups in total. The summed E-state index contributed by atoms with van der Waals surface area (Å²) in [7, 11) is 1.23. The van der Waals surface area contributed by atoms with Crippen LogP contribution in [-0.2, 0) is 0 Å². The molecule has 3 aromatic rings. The minimum absolute atomic E-state index is 0.0458. The molecule has 2 aromatic heterocycles. The molecule has 0 aliphatic rings. The van der Waals surface area contributed by atoms with Gasteiger partial charge in [-0.1, -0.05) is 0 Å². The summed E-state index contributed by atoms with van der Waals surface area (Å²) in [5.41, 5.74) is -0.580. The SMILES string of the molecule is COc1cc(F)c(-c2c(C)nc(-c3cnccn3)nc2N[C@@H](C)C(F)(F)F)c(F)c1. The zero-order chi connectivity index (χ0) is 22.1. The molecular weight excluding hydrogens is 409 g/mol. The number of hydrogen-bond donors (Lipinski definition) is 1. The number of ether oxygens (including phenoxy) is 1. The molecule has 158 valence electrons. The van der Waals surface area contributed by atoms with Crippen LogP contribution in [0.2, 0.25) is 0 Å². The van der Waals surface area contributed by atoms with Crippen molar-refractivity contribution < 1.29 is 26.7 Å². The highest BCUT2D eigenvalue weighted by Crippen LogP contribution is 2.37. The Morgan fingerprint density at radius 3 is 2.23 bits per heavy atom. The normalized spacial score (nSPS) is 12.5. The van der Waals surface area contributed by atoms with Gasteiger partial charge in [0.15, 0.2) is 5.82 Å². The lowest BCUT2D eigenvalue weighted by atomic mass is 10.0. The number of benzene rings is 1. The minimum atomic E-state index is -4.63. The van der Waals surface area contributed by atoms with Crippen LogP contribution in [0.1, 0.15) is 12.6 Å². The van der Waals surface area contributed by atoms with Crippen LogP contribution in [0.25, 0.3) is 22.6 Å². The molecule has 2 heterocycles. The highest BCUT2D eigenvalue weighted by molar-refractivity contribution is 5.80. The quantitative estimate of drug-likeness (QED) is 0.605. The van der Waals surface area contributed by atoms with Crippen molar-refractivity contribution in [1.29, 1.82) is 0 Å². The molecule has 0 amide bonds. The fraction of sp³-hybridized carbons (Fsp3) is 0.263. The Morgan fingerprint density at radius 2 is 1.70 bits per heavy atom. The van der Waals surface area contributed by atoms with Gasteiger partial charge in [-0.3, -0.25) is 4.98 Å². The zero-order valence-corrected chi connectivity index (χ0v) is 16.1. The maximum absolute atomic E-state index is 14.7. The minimum Gasteiger partial charge on any atom is -0.497 e. The Bertz CT molecular complexity index is 1040. The van der Waals surface area contributed by atoms with Crippen LogP contribution < -0.4 is 10.1 Å². The highest BCUT2D eigenvalue weighted by atomic mass is 19.4. The Kier molecular flexibility index (Phi) is 5.81. The number of nitrogens with zero attached hydrogens (tertiary/aromatic N) is 4. The lowest BCUT2D eigenvalue weighted by molar-refractivity contribution is -0.138. The summed E-state index contributed by atoms with van der Waals surface area (Å²) in [6.07, 6.45) is -0.548. The van der Waals surface area contributed by atoms with Crippen molar-refractivity contribution in [3.8, 4) is 28.4 Å². The number of aryl methyl sites for hydroxylation is 1. The van der Waals surface area contributed by atoms with Crippen molar-refractivity contribution >= 4 is 5.82 Å². The van der Waals surface area contributed by atoms with E-state index in [9.17, 15) is 22.0 Å². The van der Waals surface area contributed by atoms with Crippen LogP contribution in [0.5, 0.6) is 5.75 Å². The average Bonchev–Trinajstić information content (AvgIpc) is 2.68. The van der Waals surface area contributed by atoms with Crippen LogP contribution >= 0.6 is 0 Å². The first-order chi connectivity index (χ1) is 14.1. The first-order valence-electron chi connectivity index (χ1n) is 8.63. The van der Waals surface area contributed by atoms with E-state index in [1.807, 2.05) is 0 Å². The van der Waals surface area contributed by atoms with E-state index in [0.29, 0.717) is 0 Å². The standard InChI is InChI=1S/C19H16F5N5O/c1-9-15(16-12(20)6-11(30-3)7-13(16)21)18(28-10(2)19(22,23)24)29-17(27-9)14-8-25-4-5-26-14/h4-8,10H,1-3H3,(H,27,28,29)/t10-/m0/s1. The van der Waals surface area contributed by atoms with Gasteiger partial charge in [0.05, 0.1) is 30.1 Å². The maximum Gasteiger partial charge on any atom is 0.408 e. The summed E-state index contributed by atoms with van der Waals surface area (Å²) in [5.74, 6) is -2.59. The van der Waals surface area contributed by atoms with E-state index in [1.54, 1.807) is 0 Å². The Balaban J connectivity index is 2.24. The topological polar surface area (TPSA) is 72.8 Å². The third-order valence-corrected chi connectivity index (χ3v) is 4.23. The molecule has 6 nitrogen and oxygen atoms in total. The maximum atomic E-state index is 14.7. The predicted octanol–water partition coefficient (Wildman–Crippen LogP) is 4.56. The van der Waals surface area contributed by atoms with Crippen LogP contribution in [0, 0.1) is 18.6 Å². The number of aromatic nitrogens is 4. The monoisotopic (exact) mass is 425 g/mol. The summed E-state index contributed by atoms with van der Waals surface area (Å²) in [6, 6.07) is -0.207. The number of alkyl halides is 3. The number of nitrogens with one attached hydrogen (secondary N) is 1. The van der Waals surface area contributed by atoms with Gasteiger partial charge < -0.3 is 10.1 Å². The van der Waals surface area contributed by atoms with Gasteiger partial charge in [0.25, 0.3) is 0 Å². The second-order valence-electron chi connectivity index (χ2n) is 6.32. The molecule has 0 aliphatic carbocycles. The molecule has 0 saturated carbocycles. The van der Waals surface area contributed by atoms with Crippen LogP contribution in [0.4, 0.5) is 27.8 Å². The van der Waals surface area contributed by atoms with E-state index >= 15 is 0 Å². The molecule has 0 bridgehead atoms. The lowest BCUT2D eigenvalue weighted by Gasteiger charge is -2.21. The summed E-state index contributed by atoms with van der Waals surface area (Å²) in [4.78, 5) is 16.1. The summed E-state index contributed by atoms with van der Waals surface area (Å²) in [5, 5.41) is 2.19. The number of anilines is 1. The first kappa shape index (κ1) is 21.3. The molecule has 30 heavy (non-hydrogen) atoms. The molecule has 0 aliphatic heterocycles. The van der Waals surface area contributed by atoms with Gasteiger partial charge >= 0.3 is 6.18 Å². The molecule has 0 fully saturated rings. The Labute approximate surface area is 168 Å². The fourth-order valence-electron chi connectivity index (χ4n) is 2.70. The number of hydrogen-bond acceptors (Lipinski definition) is 6. The van der Waals surface area contributed by atoms with Gasteiger partial charge in [-0.25, -0.2) is 23.7 Å². The number of rotatable bonds is 5. The van der Waals surface area contributed by atoms with Crippen molar-refractivity contribution in [2.24, 2.45) is 0 Å². The van der Waals surface area contributed by atoms with E-state index in [-0.39, 0.29) is 28.5 Å². The van der Waals surface area contributed by atoms with Crippen molar-refractivity contribution in [1.82, 2.24) is 19.9 Å². The number of methoxy groups -OCH3 is 1. The Hall–Kier alpha value is -3.37. The van der Waals surface area contributed by atoms with Crippen molar-refractivity contribution in [3.05, 3.63) is 48.1 Å². The van der Waals surface area contributed by atoms with Gasteiger partial charge in [-0.2, -0.15) is 13.2 Å². The molecular formula is C19H16F5N5O. The van der Waals surface area contributed by atoms with E-state index in [4.69, 9.17) is 4.74 Å². The summed E-state index contributed by atoms with van der Waals surface area (Å²) < 4.78 is 73.7. The molecule has 3 rings (SSSR count). The van der Waals surface area contributed by atoms with Gasteiger partial charge in [-0.05, 0) is 13.8 Å². The third kappa shape index (κ3) is 4.29. The number of halogens is 5. The summed E-state index contributed by atoms with van der Waals surface area (Å²) >= 11 is 0. The van der Waals surface area contributed by atoms with Gasteiger partial charge in [-0.15, -0.1) is 0 Å². The van der Waals surface area contributed by atoms with Gasteiger partial charge in [0, 0.05) is 24.5 Å². The first-order valence-corrected chi connectivity index (χ1v) is 8.63. The fourth-order valence-corrected chi connectivity index (χ4v) is 2.70. The Morgan fingerprint density at radius 1 is 1.03 bits per heavy atom. The van der Waals surface area contributed by atoms with Crippen LogP contribution in [0.15, 0.2) is 30.7 Å². The van der Waals surface area contributed by atoms with Crippen molar-refractivity contribution in [2.45, 2.75) is 26.1 Å². The molecule has 0 saturated heterocycles. The molecule has 0 spiro atoms. The highest BCUT2D eigenvalue weighted by Gasteiger charge is 2.37. The van der Waals surface area contributed by atoms with E-state index in [1.165, 1.54) is 32.6 Å². The van der Waals surface area contributed by atoms with Crippen molar-refractivity contribution in [3.63, 3.8) is 0 Å². The van der Waals surface area contributed by atoms with E-state index in [2.05, 4.69) is 25.3 Å². The van der Waals surface area contributed by atoms with Crippen molar-refractivity contribution in [2.75, 3.05) is 12.4 Å². The van der Waals surface area contributed by atoms with Crippen LogP contribution in [-0.4, -0.2) is 39.3 Å². The van der Waals surface area contributed by atoms with E-state index < -0.39 is 35.2 Å². The predicted molar refractivity (Wildman–Crippen MR) is 98.8 cm³/mol. The molecule has 11 heteroatoms. The van der Waals surface area contributed by atoms with Gasteiger partial charge in [0.1, 0.15) is 34.9 Å².